The Bertz CT molecular complexity index is 1860. The molecule has 0 atom stereocenters. The van der Waals surface area contributed by atoms with Crippen LogP contribution in [0.1, 0.15) is 38.5 Å². The predicted octanol–water partition coefficient (Wildman–Crippen LogP) is 6.26. The van der Waals surface area contributed by atoms with Crippen LogP contribution in [0.5, 0.6) is 28.7 Å². The number of pyridine rings is 1. The topological polar surface area (TPSA) is 116 Å². The number of carbonyl (C=O) groups excluding carboxylic acids is 2. The standard InChI is InChI=1S/C36H36F2N4O6/c1-41(23-4-2-5-23)16-3-17-45-30-21-27-31(33-32(30)46-18-19-47-33)29(12-15-40-27)48-28-11-10-25(20-26(28)38)42(24-8-6-22(37)7-9-24)35(44)36(13-14-36)34(39)43/h6-12,15,20-21,23H,2-5,13-14,16-19H2,1H3,(H2,39,43). The van der Waals surface area contributed by atoms with E-state index in [4.69, 9.17) is 24.7 Å². The van der Waals surface area contributed by atoms with Gasteiger partial charge in [0.2, 0.25) is 17.6 Å². The van der Waals surface area contributed by atoms with Crippen LogP contribution >= 0.6 is 0 Å². The van der Waals surface area contributed by atoms with Crippen molar-refractivity contribution in [3.63, 3.8) is 0 Å². The number of anilines is 2. The first-order valence-electron chi connectivity index (χ1n) is 16.2. The van der Waals surface area contributed by atoms with Gasteiger partial charge < -0.3 is 29.6 Å². The van der Waals surface area contributed by atoms with E-state index in [1.165, 1.54) is 60.6 Å². The third-order valence-corrected chi connectivity index (χ3v) is 9.37. The first-order valence-corrected chi connectivity index (χ1v) is 16.2. The second kappa shape index (κ2) is 12.9. The van der Waals surface area contributed by atoms with Gasteiger partial charge in [-0.15, -0.1) is 0 Å². The summed E-state index contributed by atoms with van der Waals surface area (Å²) in [7, 11) is 2.15. The van der Waals surface area contributed by atoms with Gasteiger partial charge in [-0.25, -0.2) is 8.78 Å². The number of nitrogens with zero attached hydrogens (tertiary/aromatic N) is 3. The van der Waals surface area contributed by atoms with Gasteiger partial charge in [-0.2, -0.15) is 0 Å². The molecule has 2 amide bonds. The van der Waals surface area contributed by atoms with Crippen molar-refractivity contribution < 1.29 is 37.3 Å². The predicted molar refractivity (Wildman–Crippen MR) is 174 cm³/mol. The minimum Gasteiger partial charge on any atom is -0.489 e. The molecule has 0 unspecified atom stereocenters. The van der Waals surface area contributed by atoms with Gasteiger partial charge >= 0.3 is 0 Å². The number of aromatic nitrogens is 1. The van der Waals surface area contributed by atoms with Gasteiger partial charge in [0, 0.05) is 36.6 Å². The van der Waals surface area contributed by atoms with E-state index < -0.39 is 28.9 Å². The van der Waals surface area contributed by atoms with E-state index >= 15 is 4.39 Å². The Labute approximate surface area is 276 Å². The molecule has 4 aromatic rings. The van der Waals surface area contributed by atoms with Crippen LogP contribution in [0.3, 0.4) is 0 Å². The van der Waals surface area contributed by atoms with Gasteiger partial charge in [-0.1, -0.05) is 6.42 Å². The van der Waals surface area contributed by atoms with Crippen molar-refractivity contribution in [2.45, 2.75) is 44.6 Å². The molecule has 0 saturated heterocycles. The van der Waals surface area contributed by atoms with E-state index in [1.54, 1.807) is 18.3 Å². The number of nitrogens with two attached hydrogens (primary N) is 1. The lowest BCUT2D eigenvalue weighted by molar-refractivity contribution is -0.133. The van der Waals surface area contributed by atoms with E-state index in [-0.39, 0.29) is 35.7 Å². The summed E-state index contributed by atoms with van der Waals surface area (Å²) < 4.78 is 53.8. The molecule has 2 heterocycles. The molecule has 10 nitrogen and oxygen atoms in total. The summed E-state index contributed by atoms with van der Waals surface area (Å²) in [6.07, 6.45) is 6.73. The summed E-state index contributed by atoms with van der Waals surface area (Å²) in [4.78, 5) is 33.9. The lowest BCUT2D eigenvalue weighted by Crippen LogP contribution is -2.41. The molecule has 250 valence electrons. The molecule has 0 radical (unpaired) electrons. The van der Waals surface area contributed by atoms with Crippen LogP contribution in [-0.4, -0.2) is 61.2 Å². The molecule has 1 aromatic heterocycles. The largest absolute Gasteiger partial charge is 0.489 e. The smallest absolute Gasteiger partial charge is 0.247 e. The fourth-order valence-corrected chi connectivity index (χ4v) is 6.18. The van der Waals surface area contributed by atoms with Crippen molar-refractivity contribution in [2.24, 2.45) is 11.1 Å². The number of halogens is 2. The number of carbonyl (C=O) groups is 2. The van der Waals surface area contributed by atoms with Crippen molar-refractivity contribution in [1.29, 1.82) is 0 Å². The Balaban J connectivity index is 1.16. The number of hydrogen-bond donors (Lipinski definition) is 1. The van der Waals surface area contributed by atoms with Crippen molar-refractivity contribution in [3.8, 4) is 28.7 Å². The van der Waals surface area contributed by atoms with Gasteiger partial charge in [-0.3, -0.25) is 19.5 Å². The zero-order valence-electron chi connectivity index (χ0n) is 26.5. The Hall–Kier alpha value is -4.97. The van der Waals surface area contributed by atoms with Gasteiger partial charge in [-0.05, 0) is 81.6 Å². The second-order valence-corrected chi connectivity index (χ2v) is 12.5. The molecular weight excluding hydrogens is 622 g/mol. The van der Waals surface area contributed by atoms with Crippen molar-refractivity contribution in [2.75, 3.05) is 38.3 Å². The number of benzene rings is 3. The fourth-order valence-electron chi connectivity index (χ4n) is 6.18. The van der Waals surface area contributed by atoms with E-state index in [0.717, 1.165) is 19.0 Å². The fraction of sp³-hybridized carbons (Fsp3) is 0.361. The van der Waals surface area contributed by atoms with Crippen LogP contribution < -0.4 is 29.6 Å². The van der Waals surface area contributed by atoms with Crippen molar-refractivity contribution in [1.82, 2.24) is 9.88 Å². The van der Waals surface area contributed by atoms with Crippen LogP contribution in [0.2, 0.25) is 0 Å². The molecule has 0 bridgehead atoms. The summed E-state index contributed by atoms with van der Waals surface area (Å²) in [6.45, 7) is 2.06. The first-order chi connectivity index (χ1) is 23.2. The molecule has 2 fully saturated rings. The Morgan fingerprint density at radius 2 is 1.69 bits per heavy atom. The summed E-state index contributed by atoms with van der Waals surface area (Å²) in [5, 5.41) is 0.494. The summed E-state index contributed by atoms with van der Waals surface area (Å²) in [5.74, 6) is -1.16. The zero-order valence-corrected chi connectivity index (χ0v) is 26.5. The van der Waals surface area contributed by atoms with Crippen molar-refractivity contribution >= 4 is 34.1 Å². The highest BCUT2D eigenvalue weighted by Gasteiger charge is 2.57. The van der Waals surface area contributed by atoms with Crippen LogP contribution in [0.4, 0.5) is 20.2 Å². The molecular formula is C36H36F2N4O6. The lowest BCUT2D eigenvalue weighted by Gasteiger charge is -2.34. The lowest BCUT2D eigenvalue weighted by atomic mass is 9.92. The molecule has 0 spiro atoms. The quantitative estimate of drug-likeness (QED) is 0.140. The number of amides is 2. The number of fused-ring (bicyclic) bond motifs is 3. The number of ether oxygens (including phenoxy) is 4. The Morgan fingerprint density at radius 3 is 2.35 bits per heavy atom. The number of primary amides is 1. The minimum atomic E-state index is -1.40. The summed E-state index contributed by atoms with van der Waals surface area (Å²) in [5.41, 5.74) is 5.08. The third kappa shape index (κ3) is 5.96. The summed E-state index contributed by atoms with van der Waals surface area (Å²) in [6, 6.07) is 13.1. The maximum Gasteiger partial charge on any atom is 0.247 e. The average molecular weight is 659 g/mol. The average Bonchev–Trinajstić information content (AvgIpc) is 3.87. The monoisotopic (exact) mass is 658 g/mol. The maximum absolute atomic E-state index is 15.8. The molecule has 3 aromatic carbocycles. The zero-order chi connectivity index (χ0) is 33.4. The Morgan fingerprint density at radius 1 is 0.958 bits per heavy atom. The molecule has 7 rings (SSSR count). The molecule has 48 heavy (non-hydrogen) atoms. The molecule has 1 aliphatic heterocycles. The van der Waals surface area contributed by atoms with E-state index in [1.807, 2.05) is 0 Å². The highest BCUT2D eigenvalue weighted by molar-refractivity contribution is 6.16. The van der Waals surface area contributed by atoms with Crippen LogP contribution in [0, 0.1) is 17.0 Å². The molecule has 3 aliphatic rings. The summed E-state index contributed by atoms with van der Waals surface area (Å²) >= 11 is 0. The highest BCUT2D eigenvalue weighted by atomic mass is 19.1. The van der Waals surface area contributed by atoms with Crippen LogP contribution in [0.15, 0.2) is 60.8 Å². The van der Waals surface area contributed by atoms with Gasteiger partial charge in [0.05, 0.1) is 23.2 Å². The van der Waals surface area contributed by atoms with Crippen LogP contribution in [-0.2, 0) is 9.59 Å². The normalized spacial score (nSPS) is 16.3. The molecule has 12 heteroatoms. The second-order valence-electron chi connectivity index (χ2n) is 12.5. The van der Waals surface area contributed by atoms with Gasteiger partial charge in [0.15, 0.2) is 23.1 Å². The molecule has 2 N–H and O–H groups in total. The number of rotatable bonds is 12. The van der Waals surface area contributed by atoms with Gasteiger partial charge in [0.1, 0.15) is 30.2 Å². The number of hydrogen-bond acceptors (Lipinski definition) is 8. The molecule has 2 aliphatic carbocycles. The van der Waals surface area contributed by atoms with Crippen LogP contribution in [0.25, 0.3) is 10.9 Å². The maximum atomic E-state index is 15.8. The van der Waals surface area contributed by atoms with Gasteiger partial charge in [0.25, 0.3) is 0 Å². The van der Waals surface area contributed by atoms with E-state index in [2.05, 4.69) is 16.9 Å². The first kappa shape index (κ1) is 31.6. The van der Waals surface area contributed by atoms with Crippen molar-refractivity contribution in [3.05, 3.63) is 72.4 Å². The van der Waals surface area contributed by atoms with E-state index in [9.17, 15) is 14.0 Å². The third-order valence-electron chi connectivity index (χ3n) is 9.37. The SMILES string of the molecule is CN(CCCOc1cc2nccc(Oc3ccc(N(C(=O)C4(C(N)=O)CC4)c4ccc(F)cc4)cc3F)c2c2c1OCCO2)C1CCC1. The highest BCUT2D eigenvalue weighted by Crippen LogP contribution is 2.50. The van der Waals surface area contributed by atoms with E-state index in [0.29, 0.717) is 54.0 Å². The Kier molecular flexibility index (Phi) is 8.50. The minimum absolute atomic E-state index is 0.123. The molecule has 2 saturated carbocycles.